The van der Waals surface area contributed by atoms with Gasteiger partial charge in [-0.1, -0.05) is 154 Å². The average molecular weight is 711 g/mol. The van der Waals surface area contributed by atoms with Gasteiger partial charge in [0.1, 0.15) is 12.2 Å². The van der Waals surface area contributed by atoms with Crippen LogP contribution in [0.3, 0.4) is 0 Å². The van der Waals surface area contributed by atoms with Crippen molar-refractivity contribution in [3.05, 3.63) is 24.3 Å². The van der Waals surface area contributed by atoms with Gasteiger partial charge in [0.15, 0.2) is 0 Å². The number of aliphatic hydroxyl groups is 2. The van der Waals surface area contributed by atoms with Gasteiger partial charge >= 0.3 is 0 Å². The molecule has 0 radical (unpaired) electrons. The van der Waals surface area contributed by atoms with E-state index in [-0.39, 0.29) is 13.2 Å². The van der Waals surface area contributed by atoms with Gasteiger partial charge in [-0.3, -0.25) is 0 Å². The molecular weight excluding hydrogens is 624 g/mol. The molecule has 0 aromatic rings. The Hall–Kier alpha value is -0.760. The van der Waals surface area contributed by atoms with E-state index in [0.29, 0.717) is 39.6 Å². The summed E-state index contributed by atoms with van der Waals surface area (Å²) in [5, 5.41) is 20.1. The maximum absolute atomic E-state index is 10.1. The number of allylic oxidation sites excluding steroid dienone is 4. The van der Waals surface area contributed by atoms with Crippen LogP contribution in [0.25, 0.3) is 0 Å². The van der Waals surface area contributed by atoms with Gasteiger partial charge in [0.2, 0.25) is 0 Å². The monoisotopic (exact) mass is 711 g/mol. The van der Waals surface area contributed by atoms with E-state index in [1.807, 2.05) is 0 Å². The van der Waals surface area contributed by atoms with Crippen LogP contribution < -0.4 is 0 Å². The van der Waals surface area contributed by atoms with E-state index >= 15 is 0 Å². The highest BCUT2D eigenvalue weighted by atomic mass is 16.5. The van der Waals surface area contributed by atoms with Crippen molar-refractivity contribution < 1.29 is 29.2 Å². The molecule has 298 valence electrons. The van der Waals surface area contributed by atoms with Crippen molar-refractivity contribution in [3.63, 3.8) is 0 Å². The SMILES string of the molecule is CCCCCCC/C=C\CCCCCCCCCOCC(O)COCCOCC(O)COCCCCCCCC/C=C\CCCCCCCC. The van der Waals surface area contributed by atoms with Crippen molar-refractivity contribution in [2.45, 2.75) is 206 Å². The molecule has 0 saturated heterocycles. The van der Waals surface area contributed by atoms with E-state index in [9.17, 15) is 10.2 Å². The normalized spacial score (nSPS) is 13.3. The van der Waals surface area contributed by atoms with Crippen LogP contribution in [-0.4, -0.2) is 75.3 Å². The molecule has 6 nitrogen and oxygen atoms in total. The largest absolute Gasteiger partial charge is 0.388 e. The van der Waals surface area contributed by atoms with Gasteiger partial charge in [-0.05, 0) is 64.2 Å². The summed E-state index contributed by atoms with van der Waals surface area (Å²) in [6.07, 6.45) is 44.6. The van der Waals surface area contributed by atoms with E-state index < -0.39 is 12.2 Å². The minimum atomic E-state index is -0.620. The molecule has 0 aliphatic rings. The molecule has 0 bridgehead atoms. The summed E-state index contributed by atoms with van der Waals surface area (Å²) >= 11 is 0. The Morgan fingerprint density at radius 2 is 0.560 bits per heavy atom. The van der Waals surface area contributed by atoms with E-state index in [0.717, 1.165) is 12.8 Å². The molecule has 6 heteroatoms. The predicted molar refractivity (Wildman–Crippen MR) is 214 cm³/mol. The lowest BCUT2D eigenvalue weighted by Crippen LogP contribution is -2.25. The molecule has 0 amide bonds. The Labute approximate surface area is 311 Å². The molecule has 0 saturated carbocycles. The summed E-state index contributed by atoms with van der Waals surface area (Å²) in [4.78, 5) is 0. The zero-order valence-electron chi connectivity index (χ0n) is 33.4. The van der Waals surface area contributed by atoms with Crippen LogP contribution in [0.4, 0.5) is 0 Å². The minimum absolute atomic E-state index is 0.235. The quantitative estimate of drug-likeness (QED) is 0.0484. The fourth-order valence-electron chi connectivity index (χ4n) is 5.99. The van der Waals surface area contributed by atoms with Crippen LogP contribution in [0.15, 0.2) is 24.3 Å². The zero-order chi connectivity index (χ0) is 36.3. The molecule has 0 aromatic carbocycles. The fourth-order valence-corrected chi connectivity index (χ4v) is 5.99. The first-order valence-electron chi connectivity index (χ1n) is 21.7. The molecule has 0 aliphatic heterocycles. The number of ether oxygens (including phenoxy) is 4. The van der Waals surface area contributed by atoms with Gasteiger partial charge in [0.05, 0.1) is 39.6 Å². The van der Waals surface area contributed by atoms with Crippen molar-refractivity contribution in [1.29, 1.82) is 0 Å². The Morgan fingerprint density at radius 3 is 0.860 bits per heavy atom. The molecule has 0 rings (SSSR count). The van der Waals surface area contributed by atoms with Crippen LogP contribution in [0.5, 0.6) is 0 Å². The molecule has 0 aliphatic carbocycles. The Bertz CT molecular complexity index is 669. The third-order valence-electron chi connectivity index (χ3n) is 9.21. The van der Waals surface area contributed by atoms with Crippen LogP contribution in [-0.2, 0) is 18.9 Å². The first-order valence-corrected chi connectivity index (χ1v) is 21.7. The number of hydrogen-bond acceptors (Lipinski definition) is 6. The lowest BCUT2D eigenvalue weighted by molar-refractivity contribution is -0.0508. The Balaban J connectivity index is 3.28. The number of unbranched alkanes of at least 4 members (excludes halogenated alkanes) is 24. The number of aliphatic hydroxyl groups excluding tert-OH is 2. The summed E-state index contributed by atoms with van der Waals surface area (Å²) in [6.45, 7) is 7.78. The van der Waals surface area contributed by atoms with Crippen molar-refractivity contribution >= 4 is 0 Å². The first kappa shape index (κ1) is 49.2. The number of rotatable bonds is 43. The lowest BCUT2D eigenvalue weighted by Gasteiger charge is -2.14. The van der Waals surface area contributed by atoms with Crippen molar-refractivity contribution in [3.8, 4) is 0 Å². The second kappa shape index (κ2) is 44.4. The molecule has 0 fully saturated rings. The van der Waals surface area contributed by atoms with Gasteiger partial charge in [-0.2, -0.15) is 0 Å². The van der Waals surface area contributed by atoms with Gasteiger partial charge in [-0.15, -0.1) is 0 Å². The van der Waals surface area contributed by atoms with Crippen LogP contribution in [0.2, 0.25) is 0 Å². The van der Waals surface area contributed by atoms with Gasteiger partial charge in [0.25, 0.3) is 0 Å². The summed E-state index contributed by atoms with van der Waals surface area (Å²) in [5.41, 5.74) is 0. The molecule has 2 atom stereocenters. The van der Waals surface area contributed by atoms with E-state index in [4.69, 9.17) is 18.9 Å². The third-order valence-corrected chi connectivity index (χ3v) is 9.21. The minimum Gasteiger partial charge on any atom is -0.388 e. The highest BCUT2D eigenvalue weighted by Crippen LogP contribution is 2.12. The van der Waals surface area contributed by atoms with Gasteiger partial charge in [0, 0.05) is 13.2 Å². The molecular formula is C44H86O6. The van der Waals surface area contributed by atoms with E-state index in [2.05, 4.69) is 38.2 Å². The fraction of sp³-hybridized carbons (Fsp3) is 0.909. The summed E-state index contributed by atoms with van der Waals surface area (Å²) in [7, 11) is 0. The zero-order valence-corrected chi connectivity index (χ0v) is 33.4. The maximum atomic E-state index is 10.1. The van der Waals surface area contributed by atoms with Crippen molar-refractivity contribution in [1.82, 2.24) is 0 Å². The second-order valence-electron chi connectivity index (χ2n) is 14.5. The molecule has 2 unspecified atom stereocenters. The second-order valence-corrected chi connectivity index (χ2v) is 14.5. The lowest BCUT2D eigenvalue weighted by atomic mass is 10.1. The average Bonchev–Trinajstić information content (AvgIpc) is 3.12. The maximum Gasteiger partial charge on any atom is 0.101 e. The summed E-state index contributed by atoms with van der Waals surface area (Å²) in [6, 6.07) is 0. The van der Waals surface area contributed by atoms with Crippen molar-refractivity contribution in [2.75, 3.05) is 52.9 Å². The Kier molecular flexibility index (Phi) is 43.7. The third kappa shape index (κ3) is 43.4. The molecule has 2 N–H and O–H groups in total. The molecule has 0 heterocycles. The van der Waals surface area contributed by atoms with Crippen LogP contribution in [0, 0.1) is 0 Å². The predicted octanol–water partition coefficient (Wildman–Crippen LogP) is 11.8. The standard InChI is InChI=1S/C44H86O6/c1-3-5-7-9-11-13-15-17-19-21-23-25-27-29-31-33-35-47-39-43(45)41-49-37-38-50-42-44(46)40-48-36-34-32-30-28-26-24-22-20-18-16-14-12-10-8-6-4-2/h15,17-18,20,43-46H,3-14,16,19,21-42H2,1-2H3/b17-15-,20-18-. The van der Waals surface area contributed by atoms with E-state index in [1.165, 1.54) is 167 Å². The number of hydrogen-bond donors (Lipinski definition) is 2. The topological polar surface area (TPSA) is 77.4 Å². The first-order chi connectivity index (χ1) is 24.7. The highest BCUT2D eigenvalue weighted by Gasteiger charge is 2.07. The summed E-state index contributed by atoms with van der Waals surface area (Å²) in [5.74, 6) is 0. The summed E-state index contributed by atoms with van der Waals surface area (Å²) < 4.78 is 22.2. The highest BCUT2D eigenvalue weighted by molar-refractivity contribution is 4.82. The van der Waals surface area contributed by atoms with Crippen molar-refractivity contribution in [2.24, 2.45) is 0 Å². The van der Waals surface area contributed by atoms with Crippen LogP contribution in [0.1, 0.15) is 194 Å². The van der Waals surface area contributed by atoms with Gasteiger partial charge in [-0.25, -0.2) is 0 Å². The molecule has 0 aromatic heterocycles. The molecule has 0 spiro atoms. The molecule has 50 heavy (non-hydrogen) atoms. The van der Waals surface area contributed by atoms with Gasteiger partial charge < -0.3 is 29.2 Å². The Morgan fingerprint density at radius 1 is 0.320 bits per heavy atom. The smallest absolute Gasteiger partial charge is 0.101 e. The van der Waals surface area contributed by atoms with Crippen LogP contribution >= 0.6 is 0 Å². The van der Waals surface area contributed by atoms with E-state index in [1.54, 1.807) is 0 Å².